The number of nitrogens with one attached hydrogen (secondary N) is 1. The topological polar surface area (TPSA) is 53.9 Å². The van der Waals surface area contributed by atoms with Gasteiger partial charge in [0.15, 0.2) is 0 Å². The van der Waals surface area contributed by atoms with Gasteiger partial charge >= 0.3 is 0 Å². The largest absolute Gasteiger partial charge is 0.307 e. The summed E-state index contributed by atoms with van der Waals surface area (Å²) < 4.78 is 1.97. The molecule has 2 aliphatic carbocycles. The van der Waals surface area contributed by atoms with E-state index in [2.05, 4.69) is 60.4 Å². The van der Waals surface area contributed by atoms with Gasteiger partial charge in [-0.2, -0.15) is 5.10 Å². The van der Waals surface area contributed by atoms with Crippen molar-refractivity contribution in [2.45, 2.75) is 38.8 Å². The van der Waals surface area contributed by atoms with E-state index in [4.69, 9.17) is 5.10 Å². The molecule has 5 rings (SSSR count). The minimum Gasteiger partial charge on any atom is -0.307 e. The van der Waals surface area contributed by atoms with E-state index in [0.717, 1.165) is 60.1 Å². The number of fused-ring (bicyclic) bond motifs is 3. The molecule has 0 bridgehead atoms. The van der Waals surface area contributed by atoms with Crippen LogP contribution in [0.15, 0.2) is 47.3 Å². The molecular weight excluding hydrogens is 360 g/mol. The molecule has 0 amide bonds. The number of rotatable bonds is 5. The van der Waals surface area contributed by atoms with E-state index in [0.29, 0.717) is 6.54 Å². The van der Waals surface area contributed by atoms with Crippen molar-refractivity contribution < 1.29 is 0 Å². The lowest BCUT2D eigenvalue weighted by Gasteiger charge is -2.16. The average molecular weight is 386 g/mol. The van der Waals surface area contributed by atoms with E-state index in [1.807, 2.05) is 10.8 Å². The number of hydrogen-bond acceptors (Lipinski definition) is 3. The van der Waals surface area contributed by atoms with Gasteiger partial charge in [0.1, 0.15) is 11.3 Å². The zero-order chi connectivity index (χ0) is 20.0. The third kappa shape index (κ3) is 3.25. The monoisotopic (exact) mass is 386 g/mol. The summed E-state index contributed by atoms with van der Waals surface area (Å²) in [5.41, 5.74) is 7.69. The van der Waals surface area contributed by atoms with Crippen molar-refractivity contribution in [3.63, 3.8) is 0 Å². The van der Waals surface area contributed by atoms with Gasteiger partial charge in [-0.25, -0.2) is 4.68 Å². The van der Waals surface area contributed by atoms with Crippen LogP contribution >= 0.6 is 0 Å². The van der Waals surface area contributed by atoms with Crippen LogP contribution in [0.25, 0.3) is 16.6 Å². The number of pyridine rings is 1. The minimum atomic E-state index is 0.0550. The Balaban J connectivity index is 1.63. The first-order valence-electron chi connectivity index (χ1n) is 10.4. The molecule has 5 heteroatoms. The van der Waals surface area contributed by atoms with E-state index in [1.54, 1.807) is 0 Å². The quantitative estimate of drug-likeness (QED) is 0.728. The second kappa shape index (κ2) is 7.16. The second-order valence-corrected chi connectivity index (χ2v) is 8.39. The van der Waals surface area contributed by atoms with Crippen LogP contribution in [0.2, 0.25) is 0 Å². The Kier molecular flexibility index (Phi) is 4.47. The van der Waals surface area contributed by atoms with Crippen molar-refractivity contribution in [2.24, 2.45) is 0 Å². The second-order valence-electron chi connectivity index (χ2n) is 8.39. The van der Waals surface area contributed by atoms with Crippen LogP contribution in [-0.4, -0.2) is 33.8 Å². The number of hydrogen-bond donors (Lipinski definition) is 1. The highest BCUT2D eigenvalue weighted by Gasteiger charge is 2.24. The zero-order valence-electron chi connectivity index (χ0n) is 17.0. The molecule has 0 saturated heterocycles. The lowest BCUT2D eigenvalue weighted by atomic mass is 9.89. The van der Waals surface area contributed by atoms with Crippen molar-refractivity contribution in [1.82, 2.24) is 19.7 Å². The van der Waals surface area contributed by atoms with Gasteiger partial charge in [-0.05, 0) is 56.5 Å². The van der Waals surface area contributed by atoms with E-state index in [9.17, 15) is 4.79 Å². The SMILES string of the molecule is CN(C)Cc1cccc(Cn2nc(C3=CC=C3)c3c4c(c(=O)[nH]c32)CCCC4)c1. The summed E-state index contributed by atoms with van der Waals surface area (Å²) in [5.74, 6) is 0. The van der Waals surface area contributed by atoms with Gasteiger partial charge in [0.2, 0.25) is 0 Å². The maximum Gasteiger partial charge on any atom is 0.253 e. The highest BCUT2D eigenvalue weighted by atomic mass is 16.1. The van der Waals surface area contributed by atoms with Gasteiger partial charge in [0.05, 0.1) is 6.54 Å². The standard InChI is InChI=1S/C24H26N4O/c1-27(2)14-16-7-5-8-17(13-16)15-28-23-21(22(26-28)18-9-6-10-18)19-11-3-4-12-20(19)24(29)25-23/h5-10,13H,3-4,11-12,14-15H2,1-2H3,(H,25,29). The molecule has 148 valence electrons. The van der Waals surface area contributed by atoms with Crippen LogP contribution in [0, 0.1) is 0 Å². The molecule has 2 aliphatic rings. The first-order chi connectivity index (χ1) is 14.1. The third-order valence-corrected chi connectivity index (χ3v) is 5.88. The van der Waals surface area contributed by atoms with E-state index < -0.39 is 0 Å². The summed E-state index contributed by atoms with van der Waals surface area (Å²) in [6.45, 7) is 1.55. The predicted octanol–water partition coefficient (Wildman–Crippen LogP) is 3.67. The Hall–Kier alpha value is -2.92. The molecule has 0 fully saturated rings. The fourth-order valence-electron chi connectivity index (χ4n) is 4.52. The first-order valence-corrected chi connectivity index (χ1v) is 10.4. The molecule has 29 heavy (non-hydrogen) atoms. The number of H-pyrrole nitrogens is 1. The number of aromatic nitrogens is 3. The molecule has 0 saturated carbocycles. The van der Waals surface area contributed by atoms with Crippen molar-refractivity contribution in [3.05, 3.63) is 80.8 Å². The van der Waals surface area contributed by atoms with Gasteiger partial charge < -0.3 is 9.88 Å². The van der Waals surface area contributed by atoms with Gasteiger partial charge in [0.25, 0.3) is 5.56 Å². The van der Waals surface area contributed by atoms with Crippen molar-refractivity contribution in [1.29, 1.82) is 0 Å². The lowest BCUT2D eigenvalue weighted by Crippen LogP contribution is -2.20. The first kappa shape index (κ1) is 18.1. The summed E-state index contributed by atoms with van der Waals surface area (Å²) in [4.78, 5) is 18.1. The van der Waals surface area contributed by atoms with Crippen LogP contribution in [0.4, 0.5) is 0 Å². The third-order valence-electron chi connectivity index (χ3n) is 5.88. The smallest absolute Gasteiger partial charge is 0.253 e. The summed E-state index contributed by atoms with van der Waals surface area (Å²) in [6, 6.07) is 8.61. The highest BCUT2D eigenvalue weighted by molar-refractivity contribution is 5.96. The Morgan fingerprint density at radius 3 is 2.62 bits per heavy atom. The fraction of sp³-hybridized carbons (Fsp3) is 0.333. The average Bonchev–Trinajstić information content (AvgIpc) is 2.98. The Morgan fingerprint density at radius 2 is 1.90 bits per heavy atom. The molecule has 0 radical (unpaired) electrons. The number of aromatic amines is 1. The zero-order valence-corrected chi connectivity index (χ0v) is 17.0. The van der Waals surface area contributed by atoms with Gasteiger partial charge in [-0.3, -0.25) is 4.79 Å². The summed E-state index contributed by atoms with van der Waals surface area (Å²) in [7, 11) is 4.15. The van der Waals surface area contributed by atoms with Gasteiger partial charge in [-0.15, -0.1) is 0 Å². The Labute approximate surface area is 170 Å². The van der Waals surface area contributed by atoms with Gasteiger partial charge in [0, 0.05) is 23.1 Å². The summed E-state index contributed by atoms with van der Waals surface area (Å²) in [5, 5.41) is 6.10. The Morgan fingerprint density at radius 1 is 1.14 bits per heavy atom. The molecule has 0 atom stereocenters. The fourth-order valence-corrected chi connectivity index (χ4v) is 4.52. The van der Waals surface area contributed by atoms with Crippen LogP contribution in [0.5, 0.6) is 0 Å². The number of allylic oxidation sites excluding steroid dienone is 4. The molecule has 0 aliphatic heterocycles. The number of nitrogens with zero attached hydrogens (tertiary/aromatic N) is 3. The molecule has 3 aromatic rings. The lowest BCUT2D eigenvalue weighted by molar-refractivity contribution is 0.402. The normalized spacial score (nSPS) is 15.5. The van der Waals surface area contributed by atoms with Crippen LogP contribution in [-0.2, 0) is 25.9 Å². The maximum atomic E-state index is 12.8. The Bertz CT molecular complexity index is 1210. The van der Waals surface area contributed by atoms with Crippen molar-refractivity contribution in [2.75, 3.05) is 14.1 Å². The van der Waals surface area contributed by atoms with Gasteiger partial charge in [-0.1, -0.05) is 42.5 Å². The van der Waals surface area contributed by atoms with Crippen LogP contribution in [0.1, 0.15) is 40.8 Å². The molecule has 2 aromatic heterocycles. The number of aryl methyl sites for hydroxylation is 1. The maximum absolute atomic E-state index is 12.8. The molecule has 2 heterocycles. The molecule has 5 nitrogen and oxygen atoms in total. The molecule has 0 spiro atoms. The summed E-state index contributed by atoms with van der Waals surface area (Å²) in [6.07, 6.45) is 10.3. The molecule has 1 aromatic carbocycles. The summed E-state index contributed by atoms with van der Waals surface area (Å²) >= 11 is 0. The van der Waals surface area contributed by atoms with E-state index in [1.165, 1.54) is 16.7 Å². The van der Waals surface area contributed by atoms with Crippen molar-refractivity contribution >= 4 is 16.6 Å². The molecular formula is C24H26N4O. The molecule has 0 unspecified atom stereocenters. The molecule has 1 N–H and O–H groups in total. The van der Waals surface area contributed by atoms with Crippen molar-refractivity contribution in [3.8, 4) is 0 Å². The highest BCUT2D eigenvalue weighted by Crippen LogP contribution is 2.33. The van der Waals surface area contributed by atoms with Crippen LogP contribution in [0.3, 0.4) is 0 Å². The minimum absolute atomic E-state index is 0.0550. The van der Waals surface area contributed by atoms with E-state index in [-0.39, 0.29) is 5.56 Å². The van der Waals surface area contributed by atoms with E-state index >= 15 is 0 Å². The number of benzene rings is 1. The van der Waals surface area contributed by atoms with Crippen LogP contribution < -0.4 is 5.56 Å². The predicted molar refractivity (Wildman–Crippen MR) is 117 cm³/mol.